The van der Waals surface area contributed by atoms with Crippen molar-refractivity contribution < 1.29 is 9.59 Å². The summed E-state index contributed by atoms with van der Waals surface area (Å²) in [6.07, 6.45) is 3.06. The molecule has 0 aromatic carbocycles. The second kappa shape index (κ2) is 5.12. The van der Waals surface area contributed by atoms with E-state index >= 15 is 0 Å². The van der Waals surface area contributed by atoms with Crippen molar-refractivity contribution in [3.8, 4) is 0 Å². The molecule has 0 aliphatic carbocycles. The molecule has 1 unspecified atom stereocenters. The van der Waals surface area contributed by atoms with Crippen molar-refractivity contribution in [2.24, 2.45) is 5.92 Å². The molecule has 0 bridgehead atoms. The first-order valence-electron chi connectivity index (χ1n) is 5.91. The van der Waals surface area contributed by atoms with Crippen molar-refractivity contribution >= 4 is 11.8 Å². The summed E-state index contributed by atoms with van der Waals surface area (Å²) in [5.74, 6) is -0.0970. The van der Waals surface area contributed by atoms with Crippen LogP contribution in [0.4, 0.5) is 0 Å². The van der Waals surface area contributed by atoms with Crippen molar-refractivity contribution in [3.63, 3.8) is 0 Å². The van der Waals surface area contributed by atoms with Gasteiger partial charge in [-0.25, -0.2) is 9.97 Å². The van der Waals surface area contributed by atoms with Crippen LogP contribution >= 0.6 is 0 Å². The highest BCUT2D eigenvalue weighted by Gasteiger charge is 2.34. The number of piperazine rings is 1. The number of hydrogen-bond acceptors (Lipinski definition) is 4. The van der Waals surface area contributed by atoms with E-state index in [1.807, 2.05) is 13.8 Å². The van der Waals surface area contributed by atoms with E-state index in [1.54, 1.807) is 12.3 Å². The van der Waals surface area contributed by atoms with Gasteiger partial charge in [0.05, 0.1) is 12.2 Å². The first-order chi connectivity index (χ1) is 8.58. The monoisotopic (exact) mass is 248 g/mol. The molecule has 1 aromatic heterocycles. The maximum Gasteiger partial charge on any atom is 0.246 e. The van der Waals surface area contributed by atoms with Gasteiger partial charge in [-0.1, -0.05) is 13.8 Å². The van der Waals surface area contributed by atoms with Crippen molar-refractivity contribution in [1.82, 2.24) is 20.2 Å². The third kappa shape index (κ3) is 2.64. The summed E-state index contributed by atoms with van der Waals surface area (Å²) in [5, 5.41) is 2.72. The summed E-state index contributed by atoms with van der Waals surface area (Å²) in [4.78, 5) is 33.2. The standard InChI is InChI=1S/C12H16N4O2/c1-8(2)11-12(18)16(6-10(17)15-11)5-9-3-4-13-7-14-9/h3-4,7-8,11H,5-6H2,1-2H3,(H,15,17). The molecule has 6 heteroatoms. The molecule has 1 aliphatic heterocycles. The van der Waals surface area contributed by atoms with E-state index in [-0.39, 0.29) is 24.3 Å². The maximum absolute atomic E-state index is 12.2. The number of hydrogen-bond donors (Lipinski definition) is 1. The van der Waals surface area contributed by atoms with Crippen molar-refractivity contribution in [1.29, 1.82) is 0 Å². The Balaban J connectivity index is 2.12. The van der Waals surface area contributed by atoms with Gasteiger partial charge < -0.3 is 10.2 Å². The summed E-state index contributed by atoms with van der Waals surface area (Å²) in [6, 6.07) is 1.30. The highest BCUT2D eigenvalue weighted by molar-refractivity contribution is 5.94. The average molecular weight is 248 g/mol. The van der Waals surface area contributed by atoms with E-state index in [1.165, 1.54) is 11.2 Å². The molecule has 1 aromatic rings. The van der Waals surface area contributed by atoms with Crippen LogP contribution < -0.4 is 5.32 Å². The number of nitrogens with zero attached hydrogens (tertiary/aromatic N) is 3. The number of nitrogens with one attached hydrogen (secondary N) is 1. The molecule has 0 radical (unpaired) electrons. The van der Waals surface area contributed by atoms with Crippen LogP contribution in [0.15, 0.2) is 18.6 Å². The molecule has 18 heavy (non-hydrogen) atoms. The van der Waals surface area contributed by atoms with Gasteiger partial charge in [-0.05, 0) is 12.0 Å². The Hall–Kier alpha value is -1.98. The van der Waals surface area contributed by atoms with Crippen LogP contribution in [0.25, 0.3) is 0 Å². The second-order valence-corrected chi connectivity index (χ2v) is 4.68. The Kier molecular flexibility index (Phi) is 3.55. The van der Waals surface area contributed by atoms with Gasteiger partial charge in [0, 0.05) is 6.20 Å². The van der Waals surface area contributed by atoms with Gasteiger partial charge in [0.15, 0.2) is 0 Å². The topological polar surface area (TPSA) is 75.2 Å². The van der Waals surface area contributed by atoms with Crippen molar-refractivity contribution in [2.75, 3.05) is 6.54 Å². The maximum atomic E-state index is 12.2. The van der Waals surface area contributed by atoms with Gasteiger partial charge in [-0.2, -0.15) is 0 Å². The average Bonchev–Trinajstić information content (AvgIpc) is 2.34. The molecule has 6 nitrogen and oxygen atoms in total. The zero-order valence-electron chi connectivity index (χ0n) is 10.5. The number of rotatable bonds is 3. The second-order valence-electron chi connectivity index (χ2n) is 4.68. The molecular weight excluding hydrogens is 232 g/mol. The molecule has 0 spiro atoms. The molecular formula is C12H16N4O2. The summed E-state index contributed by atoms with van der Waals surface area (Å²) >= 11 is 0. The van der Waals surface area contributed by atoms with Crippen LogP contribution in [0.2, 0.25) is 0 Å². The predicted molar refractivity (Wildman–Crippen MR) is 64.2 cm³/mol. The Morgan fingerprint density at radius 3 is 2.89 bits per heavy atom. The summed E-state index contributed by atoms with van der Waals surface area (Å²) in [6.45, 7) is 4.26. The smallest absolute Gasteiger partial charge is 0.246 e. The highest BCUT2D eigenvalue weighted by atomic mass is 16.2. The van der Waals surface area contributed by atoms with Crippen molar-refractivity contribution in [3.05, 3.63) is 24.3 Å². The van der Waals surface area contributed by atoms with E-state index in [4.69, 9.17) is 0 Å². The van der Waals surface area contributed by atoms with E-state index in [0.29, 0.717) is 6.54 Å². The van der Waals surface area contributed by atoms with E-state index in [0.717, 1.165) is 5.69 Å². The molecule has 2 rings (SSSR count). The van der Waals surface area contributed by atoms with Gasteiger partial charge in [0.25, 0.3) is 0 Å². The van der Waals surface area contributed by atoms with Crippen LogP contribution in [0.5, 0.6) is 0 Å². The SMILES string of the molecule is CC(C)C1NC(=O)CN(Cc2ccncn2)C1=O. The Labute approximate surface area is 105 Å². The summed E-state index contributed by atoms with van der Waals surface area (Å²) in [5.41, 5.74) is 0.732. The lowest BCUT2D eigenvalue weighted by atomic mass is 10.0. The number of aromatic nitrogens is 2. The molecule has 0 saturated carbocycles. The Morgan fingerprint density at radius 1 is 1.50 bits per heavy atom. The molecule has 2 heterocycles. The number of amides is 2. The van der Waals surface area contributed by atoms with E-state index < -0.39 is 6.04 Å². The molecule has 1 atom stereocenters. The summed E-state index contributed by atoms with van der Waals surface area (Å²) < 4.78 is 0. The first kappa shape index (κ1) is 12.5. The number of carbonyl (C=O) groups is 2. The van der Waals surface area contributed by atoms with Crippen molar-refractivity contribution in [2.45, 2.75) is 26.4 Å². The van der Waals surface area contributed by atoms with Crippen LogP contribution in [0.1, 0.15) is 19.5 Å². The van der Waals surface area contributed by atoms with Crippen LogP contribution in [-0.2, 0) is 16.1 Å². The fourth-order valence-electron chi connectivity index (χ4n) is 1.92. The molecule has 1 N–H and O–H groups in total. The molecule has 1 aliphatic rings. The van der Waals surface area contributed by atoms with Gasteiger partial charge in [-0.3, -0.25) is 9.59 Å². The highest BCUT2D eigenvalue weighted by Crippen LogP contribution is 2.12. The van der Waals surface area contributed by atoms with Crippen LogP contribution in [-0.4, -0.2) is 39.3 Å². The van der Waals surface area contributed by atoms with Gasteiger partial charge in [0.2, 0.25) is 11.8 Å². The third-order valence-corrected chi connectivity index (χ3v) is 2.89. The minimum atomic E-state index is -0.437. The summed E-state index contributed by atoms with van der Waals surface area (Å²) in [7, 11) is 0. The molecule has 96 valence electrons. The molecule has 2 amide bonds. The van der Waals surface area contributed by atoms with Gasteiger partial charge >= 0.3 is 0 Å². The largest absolute Gasteiger partial charge is 0.343 e. The molecule has 1 fully saturated rings. The zero-order valence-corrected chi connectivity index (χ0v) is 10.5. The van der Waals surface area contributed by atoms with Crippen LogP contribution in [0, 0.1) is 5.92 Å². The first-order valence-corrected chi connectivity index (χ1v) is 5.91. The third-order valence-electron chi connectivity index (χ3n) is 2.89. The lowest BCUT2D eigenvalue weighted by Crippen LogP contribution is -2.59. The Morgan fingerprint density at radius 2 is 2.28 bits per heavy atom. The van der Waals surface area contributed by atoms with Crippen LogP contribution in [0.3, 0.4) is 0 Å². The quantitative estimate of drug-likeness (QED) is 0.814. The normalized spacial score (nSPS) is 20.2. The predicted octanol–water partition coefficient (Wildman–Crippen LogP) is -0.0404. The Bertz CT molecular complexity index is 447. The fraction of sp³-hybridized carbons (Fsp3) is 0.500. The fourth-order valence-corrected chi connectivity index (χ4v) is 1.92. The minimum Gasteiger partial charge on any atom is -0.343 e. The van der Waals surface area contributed by atoms with E-state index in [2.05, 4.69) is 15.3 Å². The van der Waals surface area contributed by atoms with Gasteiger partial charge in [-0.15, -0.1) is 0 Å². The molecule has 1 saturated heterocycles. The number of carbonyl (C=O) groups excluding carboxylic acids is 2. The zero-order chi connectivity index (χ0) is 13.1. The minimum absolute atomic E-state index is 0.0526. The lowest BCUT2D eigenvalue weighted by molar-refractivity contribution is -0.146. The van der Waals surface area contributed by atoms with Gasteiger partial charge in [0.1, 0.15) is 18.9 Å². The van der Waals surface area contributed by atoms with E-state index in [9.17, 15) is 9.59 Å². The lowest BCUT2D eigenvalue weighted by Gasteiger charge is -2.34.